The van der Waals surface area contributed by atoms with Gasteiger partial charge in [0.25, 0.3) is 5.91 Å². The summed E-state index contributed by atoms with van der Waals surface area (Å²) in [5.74, 6) is 0.184. The molecule has 0 bridgehead atoms. The van der Waals surface area contributed by atoms with Gasteiger partial charge in [-0.15, -0.1) is 0 Å². The number of rotatable bonds is 7. The Morgan fingerprint density at radius 2 is 2.04 bits per heavy atom. The van der Waals surface area contributed by atoms with E-state index in [1.807, 2.05) is 6.07 Å². The van der Waals surface area contributed by atoms with Gasteiger partial charge in [-0.2, -0.15) is 10.4 Å². The van der Waals surface area contributed by atoms with E-state index < -0.39 is 6.04 Å². The molecule has 1 aromatic carbocycles. The van der Waals surface area contributed by atoms with Crippen LogP contribution in [0.15, 0.2) is 36.5 Å². The minimum Gasteiger partial charge on any atom is -0.496 e. The topological polar surface area (TPSA) is 79.9 Å². The molecule has 1 N–H and O–H groups in total. The molecule has 126 valence electrons. The number of nitrogens with zero attached hydrogens (tertiary/aromatic N) is 3. The van der Waals surface area contributed by atoms with Crippen molar-refractivity contribution >= 4 is 5.91 Å². The fraction of sp³-hybridized carbons (Fsp3) is 0.389. The summed E-state index contributed by atoms with van der Waals surface area (Å²) in [5, 5.41) is 16.5. The summed E-state index contributed by atoms with van der Waals surface area (Å²) in [5.41, 5.74) is 0.923. The van der Waals surface area contributed by atoms with Crippen LogP contribution < -0.4 is 10.1 Å². The Morgan fingerprint density at radius 1 is 1.33 bits per heavy atom. The zero-order chi connectivity index (χ0) is 17.5. The van der Waals surface area contributed by atoms with Crippen LogP contribution in [-0.4, -0.2) is 22.8 Å². The van der Waals surface area contributed by atoms with Crippen molar-refractivity contribution in [3.63, 3.8) is 0 Å². The van der Waals surface area contributed by atoms with Gasteiger partial charge in [-0.1, -0.05) is 32.0 Å². The molecule has 0 unspecified atom stereocenters. The van der Waals surface area contributed by atoms with Crippen LogP contribution in [0.4, 0.5) is 0 Å². The lowest BCUT2D eigenvalue weighted by Gasteiger charge is -2.15. The molecular formula is C18H22N4O2. The zero-order valence-corrected chi connectivity index (χ0v) is 14.2. The highest BCUT2D eigenvalue weighted by molar-refractivity contribution is 5.92. The maximum Gasteiger partial charge on any atom is 0.273 e. The van der Waals surface area contributed by atoms with Crippen LogP contribution in [0.2, 0.25) is 0 Å². The molecule has 6 nitrogen and oxygen atoms in total. The Kier molecular flexibility index (Phi) is 5.96. The lowest BCUT2D eigenvalue weighted by atomic mass is 10.1. The van der Waals surface area contributed by atoms with Crippen molar-refractivity contribution in [2.24, 2.45) is 0 Å². The number of nitriles is 1. The van der Waals surface area contributed by atoms with Crippen LogP contribution in [0.3, 0.4) is 0 Å². The first-order valence-electron chi connectivity index (χ1n) is 8.03. The lowest BCUT2D eigenvalue weighted by Crippen LogP contribution is -2.28. The third-order valence-electron chi connectivity index (χ3n) is 4.01. The third kappa shape index (κ3) is 3.74. The van der Waals surface area contributed by atoms with Gasteiger partial charge >= 0.3 is 0 Å². The van der Waals surface area contributed by atoms with Crippen molar-refractivity contribution in [2.45, 2.75) is 38.8 Å². The van der Waals surface area contributed by atoms with Crippen molar-refractivity contribution in [1.29, 1.82) is 5.26 Å². The average molecular weight is 326 g/mol. The fourth-order valence-electron chi connectivity index (χ4n) is 2.61. The fourth-order valence-corrected chi connectivity index (χ4v) is 2.61. The highest BCUT2D eigenvalue weighted by Gasteiger charge is 2.20. The van der Waals surface area contributed by atoms with Crippen molar-refractivity contribution in [3.05, 3.63) is 47.8 Å². The number of hydrogen-bond donors (Lipinski definition) is 1. The van der Waals surface area contributed by atoms with Gasteiger partial charge in [0.05, 0.1) is 19.2 Å². The van der Waals surface area contributed by atoms with E-state index >= 15 is 0 Å². The van der Waals surface area contributed by atoms with Crippen LogP contribution >= 0.6 is 0 Å². The van der Waals surface area contributed by atoms with E-state index in [1.165, 1.54) is 7.11 Å². The van der Waals surface area contributed by atoms with E-state index in [-0.39, 0.29) is 11.9 Å². The minimum atomic E-state index is -0.799. The van der Waals surface area contributed by atoms with Crippen LogP contribution in [0.25, 0.3) is 0 Å². The quantitative estimate of drug-likeness (QED) is 0.847. The number of para-hydroxylation sites is 1. The van der Waals surface area contributed by atoms with Gasteiger partial charge in [0.1, 0.15) is 17.5 Å². The van der Waals surface area contributed by atoms with Crippen LogP contribution in [0.1, 0.15) is 54.8 Å². The van der Waals surface area contributed by atoms with Gasteiger partial charge in [-0.05, 0) is 25.0 Å². The highest BCUT2D eigenvalue weighted by atomic mass is 16.5. The molecule has 0 fully saturated rings. The molecule has 0 aliphatic rings. The lowest BCUT2D eigenvalue weighted by molar-refractivity contribution is 0.0938. The minimum absolute atomic E-state index is 0.271. The number of benzene rings is 1. The highest BCUT2D eigenvalue weighted by Crippen LogP contribution is 2.24. The maximum absolute atomic E-state index is 12.4. The normalized spacial score (nSPS) is 11.8. The predicted octanol–water partition coefficient (Wildman–Crippen LogP) is 3.25. The molecule has 0 spiro atoms. The Hall–Kier alpha value is -2.81. The van der Waals surface area contributed by atoms with Crippen molar-refractivity contribution in [2.75, 3.05) is 7.11 Å². The number of ether oxygens (including phenoxy) is 1. The summed E-state index contributed by atoms with van der Waals surface area (Å²) >= 11 is 0. The van der Waals surface area contributed by atoms with Gasteiger partial charge < -0.3 is 10.1 Å². The van der Waals surface area contributed by atoms with Gasteiger partial charge in [0.15, 0.2) is 0 Å². The molecule has 2 rings (SSSR count). The predicted molar refractivity (Wildman–Crippen MR) is 90.7 cm³/mol. The maximum atomic E-state index is 12.4. The van der Waals surface area contributed by atoms with E-state index in [0.717, 1.165) is 12.8 Å². The smallest absolute Gasteiger partial charge is 0.273 e. The Bertz CT molecular complexity index is 729. The summed E-state index contributed by atoms with van der Waals surface area (Å²) in [4.78, 5) is 12.4. The largest absolute Gasteiger partial charge is 0.496 e. The van der Waals surface area contributed by atoms with E-state index in [1.54, 1.807) is 35.1 Å². The summed E-state index contributed by atoms with van der Waals surface area (Å²) < 4.78 is 7.06. The zero-order valence-electron chi connectivity index (χ0n) is 14.2. The summed E-state index contributed by atoms with van der Waals surface area (Å²) in [7, 11) is 1.53. The van der Waals surface area contributed by atoms with Crippen molar-refractivity contribution in [1.82, 2.24) is 15.1 Å². The second kappa shape index (κ2) is 8.16. The number of carbonyl (C=O) groups is 1. The van der Waals surface area contributed by atoms with Gasteiger partial charge in [0.2, 0.25) is 0 Å². The molecule has 1 amide bonds. The number of methoxy groups -OCH3 is 1. The molecule has 0 aliphatic carbocycles. The van der Waals surface area contributed by atoms with Gasteiger partial charge in [-0.25, -0.2) is 0 Å². The average Bonchev–Trinajstić information content (AvgIpc) is 3.10. The van der Waals surface area contributed by atoms with Crippen LogP contribution in [-0.2, 0) is 0 Å². The number of aromatic nitrogens is 2. The SMILES string of the molecule is CCC(CC)n1ccc(C(=O)N[C@@H](C#N)c2ccccc2OC)n1. The summed E-state index contributed by atoms with van der Waals surface area (Å²) in [6, 6.07) is 10.4. The van der Waals surface area contributed by atoms with Crippen LogP contribution in [0, 0.1) is 11.3 Å². The Balaban J connectivity index is 2.17. The van der Waals surface area contributed by atoms with E-state index in [4.69, 9.17) is 4.74 Å². The molecule has 24 heavy (non-hydrogen) atoms. The molecule has 0 radical (unpaired) electrons. The first kappa shape index (κ1) is 17.5. The number of hydrogen-bond acceptors (Lipinski definition) is 4. The number of nitrogens with one attached hydrogen (secondary N) is 1. The first-order valence-corrected chi connectivity index (χ1v) is 8.03. The van der Waals surface area contributed by atoms with Crippen LogP contribution in [0.5, 0.6) is 5.75 Å². The Morgan fingerprint density at radius 3 is 2.67 bits per heavy atom. The third-order valence-corrected chi connectivity index (χ3v) is 4.01. The molecule has 2 aromatic rings. The van der Waals surface area contributed by atoms with E-state index in [9.17, 15) is 10.1 Å². The van der Waals surface area contributed by atoms with Gasteiger partial charge in [-0.3, -0.25) is 9.48 Å². The molecule has 6 heteroatoms. The number of carbonyl (C=O) groups excluding carboxylic acids is 1. The first-order chi connectivity index (χ1) is 11.6. The Labute approximate surface area is 142 Å². The molecule has 1 aromatic heterocycles. The molecule has 0 saturated carbocycles. The monoisotopic (exact) mass is 326 g/mol. The van der Waals surface area contributed by atoms with Crippen molar-refractivity contribution in [3.8, 4) is 11.8 Å². The molecule has 0 saturated heterocycles. The second-order valence-corrected chi connectivity index (χ2v) is 5.43. The van der Waals surface area contributed by atoms with E-state index in [0.29, 0.717) is 17.0 Å². The molecular weight excluding hydrogens is 304 g/mol. The molecule has 0 aliphatic heterocycles. The second-order valence-electron chi connectivity index (χ2n) is 5.43. The number of amides is 1. The van der Waals surface area contributed by atoms with E-state index in [2.05, 4.69) is 30.3 Å². The van der Waals surface area contributed by atoms with Gasteiger partial charge in [0, 0.05) is 11.8 Å². The van der Waals surface area contributed by atoms with Crippen molar-refractivity contribution < 1.29 is 9.53 Å². The summed E-state index contributed by atoms with van der Waals surface area (Å²) in [6.45, 7) is 4.17. The molecule has 1 atom stereocenters. The molecule has 1 heterocycles. The summed E-state index contributed by atoms with van der Waals surface area (Å²) in [6.07, 6.45) is 3.69. The standard InChI is InChI=1S/C18H22N4O2/c1-4-13(5-2)22-11-10-15(21-22)18(23)20-16(12-19)14-8-6-7-9-17(14)24-3/h6-11,13,16H,4-5H2,1-3H3,(H,20,23)/t16-/m0/s1.